The largest absolute Gasteiger partial charge is 0.374 e. The molecule has 2 rings (SSSR count). The minimum Gasteiger partial charge on any atom is -0.374 e. The molecule has 0 unspecified atom stereocenters. The van der Waals surface area contributed by atoms with Crippen molar-refractivity contribution < 1.29 is 0 Å². The first-order valence-corrected chi connectivity index (χ1v) is 4.70. The molecule has 0 saturated heterocycles. The molecule has 1 heterocycles. The fourth-order valence-electron chi connectivity index (χ4n) is 1.17. The van der Waals surface area contributed by atoms with Crippen LogP contribution in [0.2, 0.25) is 0 Å². The molecule has 3 nitrogen and oxygen atoms in total. The second-order valence-electron chi connectivity index (χ2n) is 2.77. The molecule has 0 amide bonds. The van der Waals surface area contributed by atoms with E-state index in [0.717, 1.165) is 11.4 Å². The number of hydrogen-bond acceptors (Lipinski definition) is 4. The Morgan fingerprint density at radius 1 is 1.31 bits per heavy atom. The van der Waals surface area contributed by atoms with Crippen LogP contribution in [0, 0.1) is 6.92 Å². The van der Waals surface area contributed by atoms with Crippen molar-refractivity contribution in [2.45, 2.75) is 6.92 Å². The van der Waals surface area contributed by atoms with Crippen LogP contribution >= 0.6 is 11.5 Å². The van der Waals surface area contributed by atoms with Crippen LogP contribution in [-0.4, -0.2) is 9.36 Å². The molecule has 0 spiro atoms. The van der Waals surface area contributed by atoms with Gasteiger partial charge in [0.05, 0.1) is 0 Å². The van der Waals surface area contributed by atoms with E-state index in [0.29, 0.717) is 5.13 Å². The van der Waals surface area contributed by atoms with Crippen LogP contribution in [0.5, 0.6) is 0 Å². The molecule has 1 aromatic carbocycles. The number of aromatic nitrogens is 2. The van der Waals surface area contributed by atoms with Gasteiger partial charge in [-0.05, 0) is 12.5 Å². The first-order valence-electron chi connectivity index (χ1n) is 3.92. The summed E-state index contributed by atoms with van der Waals surface area (Å²) in [5, 5.41) is 0.512. The molecule has 4 heteroatoms. The predicted octanol–water partition coefficient (Wildman–Crippen LogP) is 2.10. The van der Waals surface area contributed by atoms with E-state index in [1.54, 1.807) is 0 Å². The average Bonchev–Trinajstić information content (AvgIpc) is 2.53. The van der Waals surface area contributed by atoms with Gasteiger partial charge >= 0.3 is 0 Å². The topological polar surface area (TPSA) is 51.8 Å². The molecule has 13 heavy (non-hydrogen) atoms. The Kier molecular flexibility index (Phi) is 1.98. The van der Waals surface area contributed by atoms with Gasteiger partial charge in [0, 0.05) is 17.1 Å². The van der Waals surface area contributed by atoms with Gasteiger partial charge < -0.3 is 5.73 Å². The van der Waals surface area contributed by atoms with E-state index in [1.165, 1.54) is 17.1 Å². The third-order valence-electron chi connectivity index (χ3n) is 1.83. The lowest BCUT2D eigenvalue weighted by molar-refractivity contribution is 1.30. The zero-order chi connectivity index (χ0) is 9.26. The van der Waals surface area contributed by atoms with Crippen molar-refractivity contribution in [3.05, 3.63) is 29.8 Å². The molecule has 1 aromatic heterocycles. The lowest BCUT2D eigenvalue weighted by Gasteiger charge is -1.98. The van der Waals surface area contributed by atoms with E-state index < -0.39 is 0 Å². The molecule has 0 aliphatic heterocycles. The maximum absolute atomic E-state index is 5.51. The van der Waals surface area contributed by atoms with Gasteiger partial charge in [-0.2, -0.15) is 9.36 Å². The number of nitrogen functional groups attached to an aromatic ring is 1. The Morgan fingerprint density at radius 3 is 2.69 bits per heavy atom. The maximum Gasteiger partial charge on any atom is 0.200 e. The van der Waals surface area contributed by atoms with Gasteiger partial charge in [-0.3, -0.25) is 0 Å². The summed E-state index contributed by atoms with van der Waals surface area (Å²) >= 11 is 1.22. The van der Waals surface area contributed by atoms with E-state index in [4.69, 9.17) is 5.73 Å². The van der Waals surface area contributed by atoms with Gasteiger partial charge in [0.1, 0.15) is 0 Å². The smallest absolute Gasteiger partial charge is 0.200 e. The Morgan fingerprint density at radius 2 is 2.08 bits per heavy atom. The molecule has 0 aliphatic rings. The van der Waals surface area contributed by atoms with E-state index in [-0.39, 0.29) is 0 Å². The van der Waals surface area contributed by atoms with Crippen molar-refractivity contribution in [3.63, 3.8) is 0 Å². The van der Waals surface area contributed by atoms with Crippen molar-refractivity contribution in [3.8, 4) is 11.4 Å². The summed E-state index contributed by atoms with van der Waals surface area (Å²) in [5.74, 6) is 0.723. The number of aryl methyl sites for hydroxylation is 1. The van der Waals surface area contributed by atoms with E-state index >= 15 is 0 Å². The molecule has 0 radical (unpaired) electrons. The molecule has 0 atom stereocenters. The Balaban J connectivity index is 2.52. The highest BCUT2D eigenvalue weighted by molar-refractivity contribution is 7.09. The van der Waals surface area contributed by atoms with Crippen molar-refractivity contribution in [2.24, 2.45) is 0 Å². The Hall–Kier alpha value is -1.42. The van der Waals surface area contributed by atoms with Crippen LogP contribution in [0.4, 0.5) is 5.13 Å². The lowest BCUT2D eigenvalue weighted by Crippen LogP contribution is -1.86. The molecule has 2 N–H and O–H groups in total. The van der Waals surface area contributed by atoms with Gasteiger partial charge in [-0.1, -0.05) is 24.3 Å². The Bertz CT molecular complexity index is 422. The summed E-state index contributed by atoms with van der Waals surface area (Å²) < 4.78 is 4.15. The lowest BCUT2D eigenvalue weighted by atomic mass is 10.1. The van der Waals surface area contributed by atoms with Crippen LogP contribution < -0.4 is 5.73 Å². The van der Waals surface area contributed by atoms with Crippen LogP contribution in [0.25, 0.3) is 11.4 Å². The van der Waals surface area contributed by atoms with Gasteiger partial charge in [-0.15, -0.1) is 0 Å². The second kappa shape index (κ2) is 3.14. The SMILES string of the molecule is Cc1ccccc1-c1nsc(N)n1. The van der Waals surface area contributed by atoms with Crippen LogP contribution in [-0.2, 0) is 0 Å². The van der Waals surface area contributed by atoms with E-state index in [2.05, 4.69) is 9.36 Å². The van der Waals surface area contributed by atoms with E-state index in [9.17, 15) is 0 Å². The van der Waals surface area contributed by atoms with Crippen molar-refractivity contribution in [2.75, 3.05) is 5.73 Å². The molecule has 2 aromatic rings. The fourth-order valence-corrected chi connectivity index (χ4v) is 1.61. The fraction of sp³-hybridized carbons (Fsp3) is 0.111. The minimum atomic E-state index is 0.512. The Labute approximate surface area is 80.4 Å². The van der Waals surface area contributed by atoms with Crippen LogP contribution in [0.3, 0.4) is 0 Å². The number of nitrogens with two attached hydrogens (primary N) is 1. The standard InChI is InChI=1S/C9H9N3S/c1-6-4-2-3-5-7(6)8-11-9(10)13-12-8/h2-5H,1H3,(H2,10,11,12). The third kappa shape index (κ3) is 1.53. The monoisotopic (exact) mass is 191 g/mol. The first kappa shape index (κ1) is 8.19. The maximum atomic E-state index is 5.51. The zero-order valence-electron chi connectivity index (χ0n) is 7.19. The van der Waals surface area contributed by atoms with Crippen molar-refractivity contribution >= 4 is 16.7 Å². The predicted molar refractivity (Wildman–Crippen MR) is 54.5 cm³/mol. The summed E-state index contributed by atoms with van der Waals surface area (Å²) in [7, 11) is 0. The minimum absolute atomic E-state index is 0.512. The number of benzene rings is 1. The third-order valence-corrected chi connectivity index (χ3v) is 2.37. The molecule has 0 bridgehead atoms. The second-order valence-corrected chi connectivity index (χ2v) is 3.55. The van der Waals surface area contributed by atoms with E-state index in [1.807, 2.05) is 31.2 Å². The summed E-state index contributed by atoms with van der Waals surface area (Å²) in [6.45, 7) is 2.03. The number of rotatable bonds is 1. The van der Waals surface area contributed by atoms with Gasteiger partial charge in [0.25, 0.3) is 0 Å². The number of nitrogens with zero attached hydrogens (tertiary/aromatic N) is 2. The number of hydrogen-bond donors (Lipinski definition) is 1. The first-order chi connectivity index (χ1) is 6.27. The highest BCUT2D eigenvalue weighted by atomic mass is 32.1. The zero-order valence-corrected chi connectivity index (χ0v) is 8.01. The number of anilines is 1. The van der Waals surface area contributed by atoms with Crippen molar-refractivity contribution in [1.82, 2.24) is 9.36 Å². The van der Waals surface area contributed by atoms with Gasteiger partial charge in [0.2, 0.25) is 0 Å². The normalized spacial score (nSPS) is 10.2. The summed E-state index contributed by atoms with van der Waals surface area (Å²) in [6.07, 6.45) is 0. The van der Waals surface area contributed by atoms with Crippen LogP contribution in [0.1, 0.15) is 5.56 Å². The highest BCUT2D eigenvalue weighted by Gasteiger charge is 2.05. The molecular weight excluding hydrogens is 182 g/mol. The van der Waals surface area contributed by atoms with Crippen molar-refractivity contribution in [1.29, 1.82) is 0 Å². The summed E-state index contributed by atoms with van der Waals surface area (Å²) in [4.78, 5) is 4.13. The van der Waals surface area contributed by atoms with Crippen LogP contribution in [0.15, 0.2) is 24.3 Å². The highest BCUT2D eigenvalue weighted by Crippen LogP contribution is 2.21. The summed E-state index contributed by atoms with van der Waals surface area (Å²) in [5.41, 5.74) is 7.73. The molecule has 0 aliphatic carbocycles. The van der Waals surface area contributed by atoms with Gasteiger partial charge in [0.15, 0.2) is 11.0 Å². The molecule has 0 fully saturated rings. The average molecular weight is 191 g/mol. The molecular formula is C9H9N3S. The molecule has 66 valence electrons. The quantitative estimate of drug-likeness (QED) is 0.751. The van der Waals surface area contributed by atoms with Gasteiger partial charge in [-0.25, -0.2) is 0 Å². The summed E-state index contributed by atoms with van der Waals surface area (Å²) in [6, 6.07) is 8.00. The molecule has 0 saturated carbocycles.